The normalized spacial score (nSPS) is 27.6. The van der Waals surface area contributed by atoms with Crippen molar-refractivity contribution in [1.29, 1.82) is 0 Å². The summed E-state index contributed by atoms with van der Waals surface area (Å²) in [5.41, 5.74) is 7.44. The lowest BCUT2D eigenvalue weighted by atomic mass is 9.81. The number of rotatable bonds is 9. The van der Waals surface area contributed by atoms with Gasteiger partial charge in [0.05, 0.1) is 34.5 Å². The Morgan fingerprint density at radius 2 is 1.85 bits per heavy atom. The van der Waals surface area contributed by atoms with Gasteiger partial charge in [-0.05, 0) is 89.6 Å². The van der Waals surface area contributed by atoms with Gasteiger partial charge in [-0.2, -0.15) is 4.98 Å². The van der Waals surface area contributed by atoms with Gasteiger partial charge in [-0.25, -0.2) is 10.4 Å². The fraction of sp³-hybridized carbons (Fsp3) is 0.600. The smallest absolute Gasteiger partial charge is 0.229 e. The van der Waals surface area contributed by atoms with E-state index < -0.39 is 15.7 Å². The van der Waals surface area contributed by atoms with Gasteiger partial charge in [-0.3, -0.25) is 4.21 Å². The summed E-state index contributed by atoms with van der Waals surface area (Å²) in [6.45, 7) is 12.6. The number of benzene rings is 1. The minimum absolute atomic E-state index is 0.0423. The standard InChI is InChI=1S/C30H44ClN7O2S/c1-17(2)41(39)30(6)27(16-37(7)36-30)34-28-24(31)15-32-29(35-28)33-25-11-18(3)23(14-26(25)40-22-9-10-22)21-12-19(4)38(8)20(5)13-21/h11,14-17,19-22,36H,9-10,12-13H2,1-8H3,(H2,32,33,34,35). The number of hydrogen-bond acceptors (Lipinski definition) is 9. The highest BCUT2D eigenvalue weighted by Crippen LogP contribution is 2.42. The quantitative estimate of drug-likeness (QED) is 0.325. The Hall–Kier alpha value is -2.40. The van der Waals surface area contributed by atoms with E-state index in [9.17, 15) is 4.21 Å². The van der Waals surface area contributed by atoms with E-state index in [1.807, 2.05) is 34.0 Å². The molecule has 3 aliphatic rings. The molecular formula is C30H44ClN7O2S. The lowest BCUT2D eigenvalue weighted by Gasteiger charge is -2.41. The number of nitrogens with one attached hydrogen (secondary N) is 3. The number of anilines is 3. The van der Waals surface area contributed by atoms with Crippen LogP contribution in [0.5, 0.6) is 5.75 Å². The van der Waals surface area contributed by atoms with Crippen LogP contribution in [-0.4, -0.2) is 66.5 Å². The lowest BCUT2D eigenvalue weighted by molar-refractivity contribution is 0.122. The number of aromatic nitrogens is 2. The molecule has 224 valence electrons. The topological polar surface area (TPSA) is 94.7 Å². The number of nitrogens with zero attached hydrogens (tertiary/aromatic N) is 4. The summed E-state index contributed by atoms with van der Waals surface area (Å²) in [6.07, 6.45) is 8.12. The first-order valence-corrected chi connectivity index (χ1v) is 16.2. The molecule has 2 aliphatic heterocycles. The van der Waals surface area contributed by atoms with Crippen LogP contribution in [0.2, 0.25) is 5.02 Å². The van der Waals surface area contributed by atoms with E-state index in [0.29, 0.717) is 34.8 Å². The first-order valence-electron chi connectivity index (χ1n) is 14.6. The summed E-state index contributed by atoms with van der Waals surface area (Å²) in [5.74, 6) is 2.17. The Bertz CT molecular complexity index is 1340. The highest BCUT2D eigenvalue weighted by molar-refractivity contribution is 7.87. The van der Waals surface area contributed by atoms with E-state index in [0.717, 1.165) is 42.8 Å². The zero-order valence-electron chi connectivity index (χ0n) is 25.4. The largest absolute Gasteiger partial charge is 0.488 e. The molecule has 5 rings (SSSR count). The molecule has 0 amide bonds. The third-order valence-corrected chi connectivity index (χ3v) is 10.8. The van der Waals surface area contributed by atoms with E-state index in [2.05, 4.69) is 65.9 Å². The van der Waals surface area contributed by atoms with Crippen molar-refractivity contribution in [1.82, 2.24) is 25.3 Å². The molecule has 2 fully saturated rings. The number of ether oxygens (including phenoxy) is 1. The van der Waals surface area contributed by atoms with E-state index in [4.69, 9.17) is 21.3 Å². The zero-order chi connectivity index (χ0) is 29.6. The van der Waals surface area contributed by atoms with Crippen LogP contribution < -0.4 is 20.8 Å². The van der Waals surface area contributed by atoms with E-state index in [-0.39, 0.29) is 11.4 Å². The van der Waals surface area contributed by atoms with Gasteiger partial charge in [0.15, 0.2) is 10.7 Å². The average molecular weight is 602 g/mol. The minimum Gasteiger partial charge on any atom is -0.488 e. The van der Waals surface area contributed by atoms with Crippen molar-refractivity contribution < 1.29 is 8.95 Å². The predicted molar refractivity (Wildman–Crippen MR) is 168 cm³/mol. The molecule has 4 atom stereocenters. The molecule has 3 heterocycles. The molecule has 1 aromatic heterocycles. The number of aryl methyl sites for hydroxylation is 1. The molecule has 1 aliphatic carbocycles. The number of likely N-dealkylation sites (tertiary alicyclic amines) is 1. The fourth-order valence-electron chi connectivity index (χ4n) is 5.93. The van der Waals surface area contributed by atoms with Gasteiger partial charge in [-0.1, -0.05) is 25.4 Å². The molecule has 0 radical (unpaired) electrons. The predicted octanol–water partition coefficient (Wildman–Crippen LogP) is 5.89. The summed E-state index contributed by atoms with van der Waals surface area (Å²) < 4.78 is 19.6. The Morgan fingerprint density at radius 1 is 1.17 bits per heavy atom. The van der Waals surface area contributed by atoms with Crippen molar-refractivity contribution in [3.05, 3.63) is 46.4 Å². The maximum absolute atomic E-state index is 13.2. The highest BCUT2D eigenvalue weighted by atomic mass is 35.5. The SMILES string of the molecule is Cc1cc(Nc2ncc(Cl)c(NC3=CN(C)NC3(C)S(=O)C(C)C)n2)c(OC2CC2)cc1C1CC(C)N(C)C(C)C1. The summed E-state index contributed by atoms with van der Waals surface area (Å²) in [5, 5.41) is 8.86. The van der Waals surface area contributed by atoms with Crippen molar-refractivity contribution >= 4 is 39.9 Å². The minimum atomic E-state index is -1.20. The van der Waals surface area contributed by atoms with Gasteiger partial charge >= 0.3 is 0 Å². The van der Waals surface area contributed by atoms with Crippen molar-refractivity contribution in [2.75, 3.05) is 24.7 Å². The van der Waals surface area contributed by atoms with Crippen LogP contribution in [0.25, 0.3) is 0 Å². The summed E-state index contributed by atoms with van der Waals surface area (Å²) in [7, 11) is 2.90. The van der Waals surface area contributed by atoms with Crippen LogP contribution in [0, 0.1) is 6.92 Å². The Balaban J connectivity index is 1.42. The second kappa shape index (κ2) is 11.7. The molecule has 9 nitrogen and oxygen atoms in total. The van der Waals surface area contributed by atoms with Gasteiger partial charge in [-0.15, -0.1) is 0 Å². The number of piperidine rings is 1. The molecule has 2 aromatic rings. The summed E-state index contributed by atoms with van der Waals surface area (Å²) in [6, 6.07) is 5.46. The van der Waals surface area contributed by atoms with Gasteiger partial charge in [0.25, 0.3) is 0 Å². The Morgan fingerprint density at radius 3 is 2.49 bits per heavy atom. The number of halogens is 1. The lowest BCUT2D eigenvalue weighted by Crippen LogP contribution is -2.51. The monoisotopic (exact) mass is 601 g/mol. The van der Waals surface area contributed by atoms with Gasteiger partial charge < -0.3 is 25.3 Å². The van der Waals surface area contributed by atoms with E-state index in [1.165, 1.54) is 11.1 Å². The van der Waals surface area contributed by atoms with E-state index >= 15 is 0 Å². The third kappa shape index (κ3) is 6.35. The molecule has 0 spiro atoms. The number of hydrogen-bond donors (Lipinski definition) is 3. The second-order valence-electron chi connectivity index (χ2n) is 12.3. The van der Waals surface area contributed by atoms with Crippen LogP contribution in [0.1, 0.15) is 77.3 Å². The van der Waals surface area contributed by atoms with Crippen LogP contribution in [-0.2, 0) is 10.8 Å². The van der Waals surface area contributed by atoms with Crippen LogP contribution in [0.15, 0.2) is 30.2 Å². The van der Waals surface area contributed by atoms with Crippen LogP contribution >= 0.6 is 11.6 Å². The summed E-state index contributed by atoms with van der Waals surface area (Å²) in [4.78, 5) is 10.9. The Labute approximate surface area is 251 Å². The maximum atomic E-state index is 13.2. The molecule has 3 N–H and O–H groups in total. The number of hydrazine groups is 1. The molecular weight excluding hydrogens is 558 g/mol. The van der Waals surface area contributed by atoms with Crippen LogP contribution in [0.4, 0.5) is 17.5 Å². The zero-order valence-corrected chi connectivity index (χ0v) is 27.0. The molecule has 41 heavy (non-hydrogen) atoms. The first-order chi connectivity index (χ1) is 19.4. The van der Waals surface area contributed by atoms with Crippen molar-refractivity contribution in [3.8, 4) is 5.75 Å². The van der Waals surface area contributed by atoms with E-state index in [1.54, 1.807) is 11.2 Å². The highest BCUT2D eigenvalue weighted by Gasteiger charge is 2.42. The maximum Gasteiger partial charge on any atom is 0.229 e. The van der Waals surface area contributed by atoms with Gasteiger partial charge in [0, 0.05) is 30.6 Å². The van der Waals surface area contributed by atoms with Crippen molar-refractivity contribution in [2.45, 2.75) is 101 Å². The molecule has 11 heteroatoms. The van der Waals surface area contributed by atoms with Crippen LogP contribution in [0.3, 0.4) is 0 Å². The summed E-state index contributed by atoms with van der Waals surface area (Å²) >= 11 is 6.54. The average Bonchev–Trinajstić information content (AvgIpc) is 3.68. The molecule has 1 saturated carbocycles. The van der Waals surface area contributed by atoms with Gasteiger partial charge in [0.2, 0.25) is 5.95 Å². The molecule has 4 unspecified atom stereocenters. The first kappa shape index (κ1) is 30.1. The second-order valence-corrected chi connectivity index (χ2v) is 15.1. The van der Waals surface area contributed by atoms with Gasteiger partial charge in [0.1, 0.15) is 10.8 Å². The molecule has 0 bridgehead atoms. The van der Waals surface area contributed by atoms with Crippen molar-refractivity contribution in [3.63, 3.8) is 0 Å². The molecule has 1 aromatic carbocycles. The molecule has 1 saturated heterocycles. The van der Waals surface area contributed by atoms with Crippen molar-refractivity contribution in [2.24, 2.45) is 0 Å². The fourth-order valence-corrected chi connectivity index (χ4v) is 7.57. The Kier molecular flexibility index (Phi) is 8.58. The third-order valence-electron chi connectivity index (χ3n) is 8.57.